The van der Waals surface area contributed by atoms with Crippen LogP contribution in [0.4, 0.5) is 0 Å². The van der Waals surface area contributed by atoms with Gasteiger partial charge in [0.1, 0.15) is 0 Å². The predicted molar refractivity (Wildman–Crippen MR) is 98.0 cm³/mol. The third kappa shape index (κ3) is 2.60. The van der Waals surface area contributed by atoms with Gasteiger partial charge in [0.05, 0.1) is 0 Å². The van der Waals surface area contributed by atoms with Gasteiger partial charge in [-0.1, -0.05) is 0 Å². The highest BCUT2D eigenvalue weighted by Crippen LogP contribution is 2.52. The lowest BCUT2D eigenvalue weighted by atomic mass is 9.81. The molecule has 4 atom stereocenters. The number of nitrogens with zero attached hydrogens (tertiary/aromatic N) is 2. The van der Waals surface area contributed by atoms with Crippen LogP contribution in [0.3, 0.4) is 0 Å². The number of imide groups is 2. The summed E-state index contributed by atoms with van der Waals surface area (Å²) in [6.07, 6.45) is 3.00. The van der Waals surface area contributed by atoms with E-state index in [2.05, 4.69) is 0 Å². The lowest BCUT2D eigenvalue weighted by Gasteiger charge is -2.32. The molecule has 0 spiro atoms. The molecule has 0 N–H and O–H groups in total. The zero-order valence-corrected chi connectivity index (χ0v) is 16.4. The largest absolute Gasteiger partial charge is 0.275 e. The summed E-state index contributed by atoms with van der Waals surface area (Å²) in [5.74, 6) is 0.997. The predicted octanol–water partition coefficient (Wildman–Crippen LogP) is 2.06. The van der Waals surface area contributed by atoms with E-state index in [1.54, 1.807) is 27.7 Å². The Morgan fingerprint density at radius 3 is 1.15 bits per heavy atom. The van der Waals surface area contributed by atoms with Crippen molar-refractivity contribution in [2.24, 2.45) is 23.7 Å². The Morgan fingerprint density at radius 1 is 0.593 bits per heavy atom. The quantitative estimate of drug-likeness (QED) is 0.710. The molecule has 0 saturated heterocycles. The van der Waals surface area contributed by atoms with Crippen molar-refractivity contribution < 1.29 is 19.2 Å². The van der Waals surface area contributed by atoms with Crippen LogP contribution in [-0.2, 0) is 19.2 Å². The van der Waals surface area contributed by atoms with Gasteiger partial charge in [-0.05, 0) is 70.6 Å². The van der Waals surface area contributed by atoms with Crippen molar-refractivity contribution in [3.8, 4) is 0 Å². The van der Waals surface area contributed by atoms with Crippen LogP contribution in [0.25, 0.3) is 0 Å². The van der Waals surface area contributed by atoms with Crippen molar-refractivity contribution in [1.82, 2.24) is 9.80 Å². The van der Waals surface area contributed by atoms with Crippen molar-refractivity contribution in [1.29, 1.82) is 0 Å². The minimum atomic E-state index is -0.151. The highest BCUT2D eigenvalue weighted by Gasteiger charge is 2.49. The van der Waals surface area contributed by atoms with E-state index < -0.39 is 0 Å². The number of hydrogen-bond acceptors (Lipinski definition) is 4. The summed E-state index contributed by atoms with van der Waals surface area (Å²) in [4.78, 5) is 52.1. The Hall–Kier alpha value is -2.24. The minimum Gasteiger partial charge on any atom is -0.275 e. The van der Waals surface area contributed by atoms with Gasteiger partial charge in [-0.3, -0.25) is 29.0 Å². The van der Waals surface area contributed by atoms with Crippen molar-refractivity contribution in [3.05, 3.63) is 22.3 Å². The van der Waals surface area contributed by atoms with Gasteiger partial charge < -0.3 is 0 Å². The molecule has 0 aromatic heterocycles. The Morgan fingerprint density at radius 2 is 0.889 bits per heavy atom. The lowest BCUT2D eigenvalue weighted by molar-refractivity contribution is -0.140. The van der Waals surface area contributed by atoms with E-state index >= 15 is 0 Å². The van der Waals surface area contributed by atoms with Crippen molar-refractivity contribution in [2.75, 3.05) is 13.1 Å². The van der Waals surface area contributed by atoms with E-state index in [-0.39, 0.29) is 23.6 Å². The van der Waals surface area contributed by atoms with Crippen LogP contribution < -0.4 is 0 Å². The van der Waals surface area contributed by atoms with Gasteiger partial charge in [-0.25, -0.2) is 0 Å². The molecule has 0 radical (unpaired) electrons. The number of hydrogen-bond donors (Lipinski definition) is 0. The van der Waals surface area contributed by atoms with Crippen LogP contribution in [0, 0.1) is 23.7 Å². The highest BCUT2D eigenvalue weighted by molar-refractivity contribution is 6.19. The smallest absolute Gasteiger partial charge is 0.256 e. The number of carbonyl (C=O) groups excluding carboxylic acids is 4. The van der Waals surface area contributed by atoms with Crippen molar-refractivity contribution >= 4 is 23.6 Å². The molecule has 4 amide bonds. The van der Waals surface area contributed by atoms with Crippen LogP contribution in [0.1, 0.15) is 47.0 Å². The van der Waals surface area contributed by atoms with Crippen molar-refractivity contribution in [2.45, 2.75) is 47.0 Å². The molecular formula is C21H26N2O4. The zero-order chi connectivity index (χ0) is 19.6. The summed E-state index contributed by atoms with van der Waals surface area (Å²) in [5, 5.41) is 0. The molecule has 0 aromatic rings. The van der Waals surface area contributed by atoms with E-state index in [0.717, 1.165) is 19.3 Å². The summed E-state index contributed by atoms with van der Waals surface area (Å²) in [6.45, 7) is 7.87. The number of fused-ring (bicyclic) bond motifs is 2. The Labute approximate surface area is 159 Å². The van der Waals surface area contributed by atoms with E-state index in [9.17, 15) is 19.2 Å². The van der Waals surface area contributed by atoms with Crippen LogP contribution in [-0.4, -0.2) is 46.5 Å². The molecule has 2 heterocycles. The normalized spacial score (nSPS) is 33.6. The average molecular weight is 370 g/mol. The van der Waals surface area contributed by atoms with E-state index in [0.29, 0.717) is 59.1 Å². The first-order valence-electron chi connectivity index (χ1n) is 9.78. The average Bonchev–Trinajstić information content (AvgIpc) is 3.33. The first kappa shape index (κ1) is 18.1. The molecule has 144 valence electrons. The molecule has 2 bridgehead atoms. The third-order valence-corrected chi connectivity index (χ3v) is 7.37. The van der Waals surface area contributed by atoms with E-state index in [4.69, 9.17) is 0 Å². The fourth-order valence-corrected chi connectivity index (χ4v) is 5.40. The molecule has 3 unspecified atom stereocenters. The Bertz CT molecular complexity index is 721. The summed E-state index contributed by atoms with van der Waals surface area (Å²) in [7, 11) is 0. The molecule has 2 saturated carbocycles. The van der Waals surface area contributed by atoms with Crippen LogP contribution in [0.15, 0.2) is 22.3 Å². The highest BCUT2D eigenvalue weighted by atomic mass is 16.2. The van der Waals surface area contributed by atoms with E-state index in [1.807, 2.05) is 0 Å². The topological polar surface area (TPSA) is 74.8 Å². The molecule has 6 heteroatoms. The summed E-state index contributed by atoms with van der Waals surface area (Å²) < 4.78 is 0. The number of carbonyl (C=O) groups is 4. The number of amides is 4. The first-order chi connectivity index (χ1) is 12.7. The molecule has 2 aliphatic heterocycles. The summed E-state index contributed by atoms with van der Waals surface area (Å²) in [6, 6.07) is 0. The Balaban J connectivity index is 1.37. The Kier molecular flexibility index (Phi) is 4.13. The molecule has 6 nitrogen and oxygen atoms in total. The second kappa shape index (κ2) is 6.14. The second-order valence-corrected chi connectivity index (χ2v) is 8.69. The zero-order valence-electron chi connectivity index (χ0n) is 16.4. The molecule has 4 rings (SSSR count). The van der Waals surface area contributed by atoms with Gasteiger partial charge in [0.2, 0.25) is 0 Å². The summed E-state index contributed by atoms with van der Waals surface area (Å²) >= 11 is 0. The number of rotatable bonds is 4. The standard InChI is InChI=1S/C21H26N2O4/c1-10-11(2)19(25)22(18(10)24)8-16-6-15-5-14(16)7-17(15)9-23-20(26)12(3)13(4)21(23)27/h14-17H,5-9H2,1-4H3/t14-,15?,16?,17?/m1/s1. The van der Waals surface area contributed by atoms with Crippen molar-refractivity contribution in [3.63, 3.8) is 0 Å². The maximum absolute atomic E-state index is 12.3. The van der Waals surface area contributed by atoms with Gasteiger partial charge in [0.25, 0.3) is 23.6 Å². The van der Waals surface area contributed by atoms with Gasteiger partial charge in [-0.15, -0.1) is 0 Å². The van der Waals surface area contributed by atoms with Gasteiger partial charge in [-0.2, -0.15) is 0 Å². The maximum Gasteiger partial charge on any atom is 0.256 e. The minimum absolute atomic E-state index is 0.151. The SMILES string of the molecule is CC1=C(C)C(=O)N(CC2C[C@H]3CC2CC3CN2C(=O)C(C)=C(C)C2=O)C1=O. The molecule has 2 aliphatic carbocycles. The van der Waals surface area contributed by atoms with E-state index in [1.165, 1.54) is 9.80 Å². The second-order valence-electron chi connectivity index (χ2n) is 8.69. The molecule has 4 aliphatic rings. The fraction of sp³-hybridized carbons (Fsp3) is 0.619. The third-order valence-electron chi connectivity index (χ3n) is 7.37. The molecule has 27 heavy (non-hydrogen) atoms. The van der Waals surface area contributed by atoms with Crippen LogP contribution in [0.5, 0.6) is 0 Å². The van der Waals surface area contributed by atoms with Gasteiger partial charge in [0, 0.05) is 35.4 Å². The van der Waals surface area contributed by atoms with Gasteiger partial charge >= 0.3 is 0 Å². The monoisotopic (exact) mass is 370 g/mol. The summed E-state index contributed by atoms with van der Waals surface area (Å²) in [5.41, 5.74) is 2.24. The van der Waals surface area contributed by atoms with Crippen LogP contribution in [0.2, 0.25) is 0 Å². The fourth-order valence-electron chi connectivity index (χ4n) is 5.40. The van der Waals surface area contributed by atoms with Crippen LogP contribution >= 0.6 is 0 Å². The molecular weight excluding hydrogens is 344 g/mol. The first-order valence-corrected chi connectivity index (χ1v) is 9.78. The maximum atomic E-state index is 12.3. The molecule has 2 fully saturated rings. The van der Waals surface area contributed by atoms with Gasteiger partial charge in [0.15, 0.2) is 0 Å². The lowest BCUT2D eigenvalue weighted by Crippen LogP contribution is -2.40. The molecule has 0 aromatic carbocycles.